The van der Waals surface area contributed by atoms with Crippen LogP contribution in [0.2, 0.25) is 5.82 Å². The standard InChI is InChI=1S/C11H15BF2N2/c1-15-7-8-16(2)11(15)9-5-3-4-6-10(9)12(13)14/h3-6,10H,7-8H2,1-2H3. The molecule has 1 aliphatic carbocycles. The Kier molecular flexibility index (Phi) is 3.03. The molecule has 1 unspecified atom stereocenters. The minimum absolute atomic E-state index is 0.722. The second-order valence-corrected chi connectivity index (χ2v) is 4.23. The monoisotopic (exact) mass is 224 g/mol. The van der Waals surface area contributed by atoms with Crippen LogP contribution in [-0.2, 0) is 0 Å². The van der Waals surface area contributed by atoms with Gasteiger partial charge in [0.15, 0.2) is 0 Å². The van der Waals surface area contributed by atoms with Gasteiger partial charge in [0.05, 0.1) is 0 Å². The predicted octanol–water partition coefficient (Wildman–Crippen LogP) is 2.00. The van der Waals surface area contributed by atoms with Crippen molar-refractivity contribution in [1.29, 1.82) is 0 Å². The van der Waals surface area contributed by atoms with Gasteiger partial charge in [-0.3, -0.25) is 8.63 Å². The van der Waals surface area contributed by atoms with Crippen molar-refractivity contribution >= 4 is 7.27 Å². The number of hydrogen-bond donors (Lipinski definition) is 0. The van der Waals surface area contributed by atoms with Gasteiger partial charge in [-0.1, -0.05) is 24.3 Å². The van der Waals surface area contributed by atoms with Crippen LogP contribution in [0.1, 0.15) is 0 Å². The minimum atomic E-state index is -2.34. The first-order valence-corrected chi connectivity index (χ1v) is 5.40. The third-order valence-electron chi connectivity index (χ3n) is 3.09. The number of nitrogens with zero attached hydrogens (tertiary/aromatic N) is 2. The highest BCUT2D eigenvalue weighted by Crippen LogP contribution is 2.34. The maximum absolute atomic E-state index is 12.9. The first-order chi connectivity index (χ1) is 7.61. The second-order valence-electron chi connectivity index (χ2n) is 4.23. The Hall–Kier alpha value is -1.26. The van der Waals surface area contributed by atoms with Crippen LogP contribution in [0.4, 0.5) is 8.63 Å². The van der Waals surface area contributed by atoms with E-state index in [9.17, 15) is 8.63 Å². The Labute approximate surface area is 95.1 Å². The van der Waals surface area contributed by atoms with Gasteiger partial charge in [0, 0.05) is 33.0 Å². The average molecular weight is 224 g/mol. The number of allylic oxidation sites excluding steroid dienone is 5. The van der Waals surface area contributed by atoms with Gasteiger partial charge < -0.3 is 9.80 Å². The van der Waals surface area contributed by atoms with Crippen molar-refractivity contribution in [2.24, 2.45) is 0 Å². The Morgan fingerprint density at radius 3 is 2.38 bits per heavy atom. The van der Waals surface area contributed by atoms with Crippen LogP contribution < -0.4 is 0 Å². The van der Waals surface area contributed by atoms with Crippen LogP contribution in [0.15, 0.2) is 35.7 Å². The lowest BCUT2D eigenvalue weighted by Crippen LogP contribution is -2.23. The fourth-order valence-electron chi connectivity index (χ4n) is 2.25. The normalized spacial score (nSPS) is 24.6. The topological polar surface area (TPSA) is 6.48 Å². The lowest BCUT2D eigenvalue weighted by molar-refractivity contribution is 0.414. The highest BCUT2D eigenvalue weighted by atomic mass is 19.2. The summed E-state index contributed by atoms with van der Waals surface area (Å²) in [5.74, 6) is 0.147. The van der Waals surface area contributed by atoms with E-state index in [0.717, 1.165) is 24.5 Å². The molecule has 2 aliphatic rings. The summed E-state index contributed by atoms with van der Waals surface area (Å²) in [6, 6.07) is 0. The number of rotatable bonds is 1. The molecule has 1 saturated heterocycles. The highest BCUT2D eigenvalue weighted by molar-refractivity contribution is 6.46. The Balaban J connectivity index is 2.40. The molecule has 0 bridgehead atoms. The molecule has 0 aromatic rings. The first-order valence-electron chi connectivity index (χ1n) is 5.40. The molecule has 0 saturated carbocycles. The van der Waals surface area contributed by atoms with E-state index in [1.807, 2.05) is 30.0 Å². The molecule has 0 radical (unpaired) electrons. The van der Waals surface area contributed by atoms with Crippen molar-refractivity contribution in [3.63, 3.8) is 0 Å². The molecule has 0 aromatic carbocycles. The molecular weight excluding hydrogens is 209 g/mol. The van der Waals surface area contributed by atoms with E-state index in [-0.39, 0.29) is 0 Å². The minimum Gasteiger partial charge on any atom is -0.359 e. The largest absolute Gasteiger partial charge is 0.549 e. The van der Waals surface area contributed by atoms with E-state index in [0.29, 0.717) is 0 Å². The summed E-state index contributed by atoms with van der Waals surface area (Å²) in [7, 11) is 1.55. The van der Waals surface area contributed by atoms with Gasteiger partial charge in [0.25, 0.3) is 0 Å². The maximum atomic E-state index is 12.9. The molecule has 2 rings (SSSR count). The van der Waals surface area contributed by atoms with Crippen molar-refractivity contribution in [2.75, 3.05) is 27.2 Å². The van der Waals surface area contributed by atoms with Crippen LogP contribution in [0, 0.1) is 0 Å². The Bertz CT molecular complexity index is 351. The van der Waals surface area contributed by atoms with Gasteiger partial charge in [-0.2, -0.15) is 0 Å². The zero-order valence-electron chi connectivity index (χ0n) is 9.53. The molecule has 1 atom stereocenters. The molecule has 0 amide bonds. The number of halogens is 2. The molecule has 0 spiro atoms. The summed E-state index contributed by atoms with van der Waals surface area (Å²) >= 11 is 0. The van der Waals surface area contributed by atoms with Gasteiger partial charge in [-0.05, 0) is 5.57 Å². The molecular formula is C11H15BF2N2. The molecule has 1 fully saturated rings. The van der Waals surface area contributed by atoms with E-state index in [1.165, 1.54) is 0 Å². The Morgan fingerprint density at radius 1 is 1.19 bits per heavy atom. The van der Waals surface area contributed by atoms with Crippen molar-refractivity contribution < 1.29 is 8.63 Å². The summed E-state index contributed by atoms with van der Waals surface area (Å²) in [5.41, 5.74) is 0.722. The average Bonchev–Trinajstić information content (AvgIpc) is 2.58. The molecule has 1 aliphatic heterocycles. The maximum Gasteiger partial charge on any atom is 0.549 e. The van der Waals surface area contributed by atoms with E-state index in [2.05, 4.69) is 0 Å². The molecule has 86 valence electrons. The van der Waals surface area contributed by atoms with E-state index in [4.69, 9.17) is 0 Å². The molecule has 2 nitrogen and oxygen atoms in total. The van der Waals surface area contributed by atoms with Crippen molar-refractivity contribution in [3.8, 4) is 0 Å². The molecule has 0 N–H and O–H groups in total. The van der Waals surface area contributed by atoms with Gasteiger partial charge in [-0.25, -0.2) is 0 Å². The van der Waals surface area contributed by atoms with Gasteiger partial charge in [0.2, 0.25) is 0 Å². The van der Waals surface area contributed by atoms with Crippen LogP contribution >= 0.6 is 0 Å². The molecule has 0 aromatic heterocycles. The lowest BCUT2D eigenvalue weighted by Gasteiger charge is -2.25. The molecule has 1 heterocycles. The van der Waals surface area contributed by atoms with Crippen LogP contribution in [-0.4, -0.2) is 44.3 Å². The predicted molar refractivity (Wildman–Crippen MR) is 62.3 cm³/mol. The van der Waals surface area contributed by atoms with Crippen LogP contribution in [0.25, 0.3) is 0 Å². The van der Waals surface area contributed by atoms with E-state index in [1.54, 1.807) is 18.2 Å². The highest BCUT2D eigenvalue weighted by Gasteiger charge is 2.33. The summed E-state index contributed by atoms with van der Waals surface area (Å²) < 4.78 is 25.8. The lowest BCUT2D eigenvalue weighted by atomic mass is 9.71. The van der Waals surface area contributed by atoms with E-state index >= 15 is 0 Å². The quantitative estimate of drug-likeness (QED) is 0.628. The van der Waals surface area contributed by atoms with Gasteiger partial charge in [0.1, 0.15) is 5.82 Å². The number of hydrogen-bond acceptors (Lipinski definition) is 2. The Morgan fingerprint density at radius 2 is 1.81 bits per heavy atom. The fourth-order valence-corrected chi connectivity index (χ4v) is 2.25. The zero-order chi connectivity index (χ0) is 11.7. The van der Waals surface area contributed by atoms with Gasteiger partial charge in [-0.15, -0.1) is 0 Å². The summed E-state index contributed by atoms with van der Waals surface area (Å²) in [5, 5.41) is 0. The fraction of sp³-hybridized carbons (Fsp3) is 0.455. The SMILES string of the molecule is CN1CCN(C)C1=C1C=CC=CC1B(F)F. The first kappa shape index (κ1) is 11.2. The third-order valence-corrected chi connectivity index (χ3v) is 3.09. The third kappa shape index (κ3) is 1.86. The zero-order valence-corrected chi connectivity index (χ0v) is 9.53. The summed E-state index contributed by atoms with van der Waals surface area (Å²) in [4.78, 5) is 4.07. The van der Waals surface area contributed by atoms with Crippen LogP contribution in [0.3, 0.4) is 0 Å². The van der Waals surface area contributed by atoms with E-state index < -0.39 is 13.1 Å². The number of likely N-dealkylation sites (N-methyl/N-ethyl adjacent to an activating group) is 2. The van der Waals surface area contributed by atoms with Crippen LogP contribution in [0.5, 0.6) is 0 Å². The summed E-state index contributed by atoms with van der Waals surface area (Å²) in [6.07, 6.45) is 6.88. The molecule has 16 heavy (non-hydrogen) atoms. The van der Waals surface area contributed by atoms with Crippen molar-refractivity contribution in [3.05, 3.63) is 35.7 Å². The molecule has 5 heteroatoms. The summed E-state index contributed by atoms with van der Waals surface area (Å²) in [6.45, 7) is 1.78. The van der Waals surface area contributed by atoms with Gasteiger partial charge >= 0.3 is 7.27 Å². The smallest absolute Gasteiger partial charge is 0.359 e. The van der Waals surface area contributed by atoms with Crippen molar-refractivity contribution in [2.45, 2.75) is 5.82 Å². The second kappa shape index (κ2) is 4.32. The van der Waals surface area contributed by atoms with Crippen molar-refractivity contribution in [1.82, 2.24) is 9.80 Å².